The van der Waals surface area contributed by atoms with Crippen molar-refractivity contribution in [3.05, 3.63) is 24.0 Å². The summed E-state index contributed by atoms with van der Waals surface area (Å²) in [6.45, 7) is 3.60. The van der Waals surface area contributed by atoms with Crippen molar-refractivity contribution in [1.29, 1.82) is 0 Å². The van der Waals surface area contributed by atoms with Crippen LogP contribution in [-0.4, -0.2) is 30.1 Å². The van der Waals surface area contributed by atoms with E-state index < -0.39 is 0 Å². The van der Waals surface area contributed by atoms with Crippen LogP contribution in [0.15, 0.2) is 18.3 Å². The Morgan fingerprint density at radius 2 is 2.16 bits per heavy atom. The van der Waals surface area contributed by atoms with Gasteiger partial charge < -0.3 is 15.8 Å². The van der Waals surface area contributed by atoms with Crippen molar-refractivity contribution < 1.29 is 9.53 Å². The predicted molar refractivity (Wildman–Crippen MR) is 76.4 cm³/mol. The first-order valence-electron chi connectivity index (χ1n) is 6.27. The van der Waals surface area contributed by atoms with Gasteiger partial charge in [-0.15, -0.1) is 12.4 Å². The summed E-state index contributed by atoms with van der Waals surface area (Å²) in [6.07, 6.45) is 3.49. The van der Waals surface area contributed by atoms with Gasteiger partial charge in [-0.1, -0.05) is 0 Å². The summed E-state index contributed by atoms with van der Waals surface area (Å²) >= 11 is 0. The highest BCUT2D eigenvalue weighted by Crippen LogP contribution is 2.18. The van der Waals surface area contributed by atoms with Gasteiger partial charge in [0.15, 0.2) is 0 Å². The van der Waals surface area contributed by atoms with Gasteiger partial charge in [-0.2, -0.15) is 0 Å². The molecule has 1 aliphatic heterocycles. The van der Waals surface area contributed by atoms with Gasteiger partial charge in [0.2, 0.25) is 0 Å². The molecule has 0 aliphatic carbocycles. The molecule has 0 saturated carbocycles. The third-order valence-corrected chi connectivity index (χ3v) is 3.35. The second-order valence-corrected chi connectivity index (χ2v) is 4.69. The number of nitrogens with zero attached hydrogens (tertiary/aromatic N) is 1. The van der Waals surface area contributed by atoms with Crippen molar-refractivity contribution in [3.8, 4) is 0 Å². The number of hydrogen-bond acceptors (Lipinski definition) is 4. The number of carbonyl (C=O) groups excluding carboxylic acids is 1. The molecule has 6 heteroatoms. The fourth-order valence-electron chi connectivity index (χ4n) is 2.15. The van der Waals surface area contributed by atoms with Crippen LogP contribution in [0.1, 0.15) is 30.3 Å². The van der Waals surface area contributed by atoms with E-state index in [2.05, 4.69) is 10.3 Å². The Bertz CT molecular complexity index is 405. The first-order valence-corrected chi connectivity index (χ1v) is 6.27. The van der Waals surface area contributed by atoms with Crippen LogP contribution in [0.25, 0.3) is 0 Å². The average molecular weight is 286 g/mol. The van der Waals surface area contributed by atoms with Crippen LogP contribution in [0.2, 0.25) is 0 Å². The van der Waals surface area contributed by atoms with Crippen LogP contribution in [0.4, 0.5) is 5.69 Å². The Labute approximate surface area is 119 Å². The molecule has 2 rings (SSSR count). The van der Waals surface area contributed by atoms with Gasteiger partial charge in [0, 0.05) is 19.3 Å². The van der Waals surface area contributed by atoms with Gasteiger partial charge in [0.25, 0.3) is 5.91 Å². The van der Waals surface area contributed by atoms with E-state index >= 15 is 0 Å². The van der Waals surface area contributed by atoms with E-state index in [1.165, 1.54) is 6.20 Å². The maximum absolute atomic E-state index is 12.0. The smallest absolute Gasteiger partial charge is 0.270 e. The monoisotopic (exact) mass is 285 g/mol. The predicted octanol–water partition coefficient (Wildman–Crippen LogP) is 1.63. The van der Waals surface area contributed by atoms with E-state index in [9.17, 15) is 4.79 Å². The fraction of sp³-hybridized carbons (Fsp3) is 0.538. The second-order valence-electron chi connectivity index (χ2n) is 4.69. The lowest BCUT2D eigenvalue weighted by atomic mass is 9.93. The number of amides is 1. The molecule has 0 bridgehead atoms. The zero-order valence-electron chi connectivity index (χ0n) is 11.0. The number of nitrogens with two attached hydrogens (primary N) is 1. The molecule has 0 radical (unpaired) electrons. The van der Waals surface area contributed by atoms with E-state index in [1.54, 1.807) is 12.1 Å². The van der Waals surface area contributed by atoms with Crippen LogP contribution in [0, 0.1) is 5.92 Å². The maximum Gasteiger partial charge on any atom is 0.270 e. The molecule has 19 heavy (non-hydrogen) atoms. The van der Waals surface area contributed by atoms with Gasteiger partial charge in [0.05, 0.1) is 11.9 Å². The molecule has 1 saturated heterocycles. The van der Waals surface area contributed by atoms with Crippen molar-refractivity contribution in [2.45, 2.75) is 25.8 Å². The van der Waals surface area contributed by atoms with E-state index in [4.69, 9.17) is 10.5 Å². The Morgan fingerprint density at radius 3 is 2.74 bits per heavy atom. The summed E-state index contributed by atoms with van der Waals surface area (Å²) in [5.74, 6) is 0.338. The van der Waals surface area contributed by atoms with Gasteiger partial charge in [-0.05, 0) is 37.8 Å². The molecule has 1 unspecified atom stereocenters. The molecule has 1 fully saturated rings. The molecule has 5 nitrogen and oxygen atoms in total. The summed E-state index contributed by atoms with van der Waals surface area (Å²) in [6, 6.07) is 3.46. The molecule has 3 N–H and O–H groups in total. The molecule has 0 aromatic carbocycles. The minimum absolute atomic E-state index is 0. The van der Waals surface area contributed by atoms with E-state index in [0.29, 0.717) is 17.3 Å². The quantitative estimate of drug-likeness (QED) is 0.885. The normalized spacial score (nSPS) is 17.3. The molecule has 1 aromatic heterocycles. The van der Waals surface area contributed by atoms with Crippen molar-refractivity contribution in [2.75, 3.05) is 18.9 Å². The lowest BCUT2D eigenvalue weighted by molar-refractivity contribution is 0.0537. The van der Waals surface area contributed by atoms with Crippen LogP contribution >= 0.6 is 12.4 Å². The number of pyridine rings is 1. The number of carbonyl (C=O) groups is 1. The number of halogens is 1. The number of rotatable bonds is 3. The topological polar surface area (TPSA) is 77.2 Å². The molecule has 1 aliphatic rings. The number of ether oxygens (including phenoxy) is 1. The first-order chi connectivity index (χ1) is 8.66. The zero-order valence-corrected chi connectivity index (χ0v) is 11.8. The van der Waals surface area contributed by atoms with E-state index in [-0.39, 0.29) is 24.4 Å². The molecular formula is C13H20ClN3O2. The van der Waals surface area contributed by atoms with Crippen LogP contribution < -0.4 is 11.1 Å². The molecule has 0 spiro atoms. The van der Waals surface area contributed by atoms with Gasteiger partial charge in [0.1, 0.15) is 5.69 Å². The van der Waals surface area contributed by atoms with E-state index in [1.807, 2.05) is 6.92 Å². The van der Waals surface area contributed by atoms with Crippen molar-refractivity contribution in [3.63, 3.8) is 0 Å². The van der Waals surface area contributed by atoms with Gasteiger partial charge >= 0.3 is 0 Å². The Morgan fingerprint density at radius 1 is 1.47 bits per heavy atom. The lowest BCUT2D eigenvalue weighted by Gasteiger charge is -2.28. The third-order valence-electron chi connectivity index (χ3n) is 3.35. The van der Waals surface area contributed by atoms with Crippen molar-refractivity contribution >= 4 is 24.0 Å². The van der Waals surface area contributed by atoms with Crippen LogP contribution in [-0.2, 0) is 4.74 Å². The summed E-state index contributed by atoms with van der Waals surface area (Å²) in [4.78, 5) is 16.0. The molecule has 1 atom stereocenters. The number of aromatic nitrogens is 1. The molecule has 2 heterocycles. The maximum atomic E-state index is 12.0. The molecular weight excluding hydrogens is 266 g/mol. The second kappa shape index (κ2) is 7.31. The standard InChI is InChI=1S/C13H19N3O2.ClH/c1-9(10-4-6-18-7-5-10)16-13(17)12-3-2-11(14)8-15-12;/h2-3,8-10H,4-7,14H2,1H3,(H,16,17);1H. The minimum atomic E-state index is -0.144. The number of anilines is 1. The highest BCUT2D eigenvalue weighted by atomic mass is 35.5. The summed E-state index contributed by atoms with van der Waals surface area (Å²) in [7, 11) is 0. The van der Waals surface area contributed by atoms with E-state index in [0.717, 1.165) is 26.1 Å². The Hall–Kier alpha value is -1.33. The van der Waals surface area contributed by atoms with Gasteiger partial charge in [-0.3, -0.25) is 4.79 Å². The average Bonchev–Trinajstić information content (AvgIpc) is 2.40. The molecule has 106 valence electrons. The SMILES string of the molecule is CC(NC(=O)c1ccc(N)cn1)C1CCOCC1.Cl. The van der Waals surface area contributed by atoms with Crippen molar-refractivity contribution in [2.24, 2.45) is 5.92 Å². The summed E-state index contributed by atoms with van der Waals surface area (Å²) in [5.41, 5.74) is 6.50. The van der Waals surface area contributed by atoms with Crippen molar-refractivity contribution in [1.82, 2.24) is 10.3 Å². The lowest BCUT2D eigenvalue weighted by Crippen LogP contribution is -2.40. The number of nitrogens with one attached hydrogen (secondary N) is 1. The third kappa shape index (κ3) is 4.36. The Balaban J connectivity index is 0.00000180. The fourth-order valence-corrected chi connectivity index (χ4v) is 2.15. The van der Waals surface area contributed by atoms with Gasteiger partial charge in [-0.25, -0.2) is 4.98 Å². The zero-order chi connectivity index (χ0) is 13.0. The summed E-state index contributed by atoms with van der Waals surface area (Å²) < 4.78 is 5.31. The largest absolute Gasteiger partial charge is 0.397 e. The van der Waals surface area contributed by atoms with Crippen LogP contribution in [0.3, 0.4) is 0 Å². The number of hydrogen-bond donors (Lipinski definition) is 2. The highest BCUT2D eigenvalue weighted by molar-refractivity contribution is 5.92. The van der Waals surface area contributed by atoms with Crippen LogP contribution in [0.5, 0.6) is 0 Å². The molecule has 1 amide bonds. The summed E-state index contributed by atoms with van der Waals surface area (Å²) in [5, 5.41) is 2.99. The highest BCUT2D eigenvalue weighted by Gasteiger charge is 2.22. The molecule has 1 aromatic rings. The first kappa shape index (κ1) is 15.7. The Kier molecular flexibility index (Phi) is 6.05. The number of nitrogen functional groups attached to an aromatic ring is 1. The minimum Gasteiger partial charge on any atom is -0.397 e.